The van der Waals surface area contributed by atoms with Gasteiger partial charge in [0.05, 0.1) is 0 Å². The average Bonchev–Trinajstić information content (AvgIpc) is 2.83. The second-order valence-corrected chi connectivity index (χ2v) is 6.40. The molecule has 0 aromatic carbocycles. The molecular weight excluding hydrogens is 232 g/mol. The Kier molecular flexibility index (Phi) is 9.54. The highest BCUT2D eigenvalue weighted by Gasteiger charge is 2.25. The first kappa shape index (κ1) is 17.0. The maximum absolute atomic E-state index is 6.07. The van der Waals surface area contributed by atoms with E-state index in [2.05, 4.69) is 18.7 Å². The number of unbranched alkanes of at least 4 members (excludes halogenated alkanes) is 6. The van der Waals surface area contributed by atoms with Crippen LogP contribution >= 0.6 is 0 Å². The Morgan fingerprint density at radius 1 is 0.947 bits per heavy atom. The van der Waals surface area contributed by atoms with Crippen LogP contribution in [-0.4, -0.2) is 30.1 Å². The van der Waals surface area contributed by atoms with E-state index < -0.39 is 0 Å². The van der Waals surface area contributed by atoms with Crippen LogP contribution in [0.2, 0.25) is 0 Å². The van der Waals surface area contributed by atoms with Gasteiger partial charge in [0.2, 0.25) is 0 Å². The minimum absolute atomic E-state index is 0.439. The zero-order valence-electron chi connectivity index (χ0n) is 13.4. The van der Waals surface area contributed by atoms with Crippen LogP contribution in [0.3, 0.4) is 0 Å². The molecule has 0 aromatic heterocycles. The van der Waals surface area contributed by atoms with Crippen molar-refractivity contribution in [1.29, 1.82) is 0 Å². The third-order valence-corrected chi connectivity index (χ3v) is 4.55. The molecule has 0 amide bonds. The molecule has 0 bridgehead atoms. The van der Waals surface area contributed by atoms with E-state index in [1.807, 2.05) is 0 Å². The SMILES string of the molecule is CCCCCCCC(CCCCC)N1CCC(N)C1. The van der Waals surface area contributed by atoms with E-state index >= 15 is 0 Å². The molecule has 0 aliphatic carbocycles. The van der Waals surface area contributed by atoms with E-state index in [1.165, 1.54) is 77.2 Å². The van der Waals surface area contributed by atoms with Crippen LogP contribution in [-0.2, 0) is 0 Å². The largest absolute Gasteiger partial charge is 0.326 e. The van der Waals surface area contributed by atoms with Crippen LogP contribution in [0.25, 0.3) is 0 Å². The predicted octanol–water partition coefficient (Wildman–Crippen LogP) is 4.33. The zero-order valence-corrected chi connectivity index (χ0v) is 13.4. The van der Waals surface area contributed by atoms with Crippen molar-refractivity contribution in [3.05, 3.63) is 0 Å². The minimum atomic E-state index is 0.439. The summed E-state index contributed by atoms with van der Waals surface area (Å²) >= 11 is 0. The second kappa shape index (κ2) is 10.7. The molecule has 1 heterocycles. The molecule has 2 atom stereocenters. The number of likely N-dealkylation sites (tertiary alicyclic amines) is 1. The lowest BCUT2D eigenvalue weighted by Crippen LogP contribution is -2.35. The highest BCUT2D eigenvalue weighted by Crippen LogP contribution is 2.21. The van der Waals surface area contributed by atoms with Gasteiger partial charge in [-0.25, -0.2) is 0 Å². The van der Waals surface area contributed by atoms with Crippen molar-refractivity contribution in [1.82, 2.24) is 4.90 Å². The van der Waals surface area contributed by atoms with Crippen LogP contribution in [0.4, 0.5) is 0 Å². The molecular formula is C17H36N2. The maximum Gasteiger partial charge on any atom is 0.0180 e. The Balaban J connectivity index is 2.23. The second-order valence-electron chi connectivity index (χ2n) is 6.40. The third kappa shape index (κ3) is 7.31. The average molecular weight is 268 g/mol. The molecule has 114 valence electrons. The van der Waals surface area contributed by atoms with Crippen molar-refractivity contribution in [3.8, 4) is 0 Å². The third-order valence-electron chi connectivity index (χ3n) is 4.55. The lowest BCUT2D eigenvalue weighted by atomic mass is 10.00. The van der Waals surface area contributed by atoms with Crippen molar-refractivity contribution in [2.45, 2.75) is 96.6 Å². The van der Waals surface area contributed by atoms with Crippen LogP contribution in [0.5, 0.6) is 0 Å². The first-order valence-electron chi connectivity index (χ1n) is 8.77. The molecule has 0 aromatic rings. The first-order chi connectivity index (χ1) is 9.27. The molecule has 1 saturated heterocycles. The summed E-state index contributed by atoms with van der Waals surface area (Å²) < 4.78 is 0. The molecule has 1 rings (SSSR count). The number of rotatable bonds is 11. The lowest BCUT2D eigenvalue weighted by Gasteiger charge is -2.28. The lowest BCUT2D eigenvalue weighted by molar-refractivity contribution is 0.207. The van der Waals surface area contributed by atoms with Crippen molar-refractivity contribution >= 4 is 0 Å². The summed E-state index contributed by atoms with van der Waals surface area (Å²) in [5, 5.41) is 0. The fourth-order valence-electron chi connectivity index (χ4n) is 3.27. The first-order valence-corrected chi connectivity index (χ1v) is 8.77. The van der Waals surface area contributed by atoms with Gasteiger partial charge < -0.3 is 5.73 Å². The maximum atomic E-state index is 6.07. The Bertz CT molecular complexity index is 205. The highest BCUT2D eigenvalue weighted by molar-refractivity contribution is 4.83. The summed E-state index contributed by atoms with van der Waals surface area (Å²) in [4.78, 5) is 2.68. The van der Waals surface area contributed by atoms with Crippen molar-refractivity contribution < 1.29 is 0 Å². The summed E-state index contributed by atoms with van der Waals surface area (Å²) in [6, 6.07) is 1.26. The Hall–Kier alpha value is -0.0800. The Morgan fingerprint density at radius 2 is 1.53 bits per heavy atom. The number of nitrogens with zero attached hydrogens (tertiary/aromatic N) is 1. The summed E-state index contributed by atoms with van der Waals surface area (Å²) in [5.74, 6) is 0. The van der Waals surface area contributed by atoms with Crippen molar-refractivity contribution in [3.63, 3.8) is 0 Å². The molecule has 0 radical (unpaired) electrons. The molecule has 2 heteroatoms. The zero-order chi connectivity index (χ0) is 13.9. The van der Waals surface area contributed by atoms with Crippen LogP contribution in [0.1, 0.15) is 84.5 Å². The normalized spacial score (nSPS) is 21.9. The molecule has 19 heavy (non-hydrogen) atoms. The molecule has 2 N–H and O–H groups in total. The van der Waals surface area contributed by atoms with E-state index in [4.69, 9.17) is 5.73 Å². The van der Waals surface area contributed by atoms with E-state index in [0.717, 1.165) is 12.6 Å². The van der Waals surface area contributed by atoms with Gasteiger partial charge in [-0.1, -0.05) is 65.2 Å². The van der Waals surface area contributed by atoms with Gasteiger partial charge in [-0.05, 0) is 19.3 Å². The fourth-order valence-corrected chi connectivity index (χ4v) is 3.27. The van der Waals surface area contributed by atoms with Crippen LogP contribution < -0.4 is 5.73 Å². The van der Waals surface area contributed by atoms with Gasteiger partial charge >= 0.3 is 0 Å². The van der Waals surface area contributed by atoms with Gasteiger partial charge in [-0.2, -0.15) is 0 Å². The van der Waals surface area contributed by atoms with Crippen molar-refractivity contribution in [2.75, 3.05) is 13.1 Å². The van der Waals surface area contributed by atoms with Gasteiger partial charge in [-0.15, -0.1) is 0 Å². The van der Waals surface area contributed by atoms with E-state index in [1.54, 1.807) is 0 Å². The van der Waals surface area contributed by atoms with Crippen molar-refractivity contribution in [2.24, 2.45) is 5.73 Å². The highest BCUT2D eigenvalue weighted by atomic mass is 15.2. The number of nitrogens with two attached hydrogens (primary N) is 1. The smallest absolute Gasteiger partial charge is 0.0180 e. The predicted molar refractivity (Wildman–Crippen MR) is 85.5 cm³/mol. The van der Waals surface area contributed by atoms with Gasteiger partial charge in [-0.3, -0.25) is 4.90 Å². The van der Waals surface area contributed by atoms with Gasteiger partial charge in [0, 0.05) is 25.2 Å². The Labute approximate surface area is 121 Å². The fraction of sp³-hybridized carbons (Fsp3) is 1.00. The molecule has 2 nitrogen and oxygen atoms in total. The number of hydrogen-bond acceptors (Lipinski definition) is 2. The summed E-state index contributed by atoms with van der Waals surface area (Å²) in [6.07, 6.45) is 15.2. The summed E-state index contributed by atoms with van der Waals surface area (Å²) in [7, 11) is 0. The topological polar surface area (TPSA) is 29.3 Å². The molecule has 2 unspecified atom stereocenters. The quantitative estimate of drug-likeness (QED) is 0.565. The minimum Gasteiger partial charge on any atom is -0.326 e. The van der Waals surface area contributed by atoms with Crippen LogP contribution in [0, 0.1) is 0 Å². The van der Waals surface area contributed by atoms with E-state index in [0.29, 0.717) is 6.04 Å². The molecule has 1 aliphatic heterocycles. The molecule has 0 spiro atoms. The van der Waals surface area contributed by atoms with Gasteiger partial charge in [0.15, 0.2) is 0 Å². The monoisotopic (exact) mass is 268 g/mol. The summed E-state index contributed by atoms with van der Waals surface area (Å²) in [5.41, 5.74) is 6.07. The van der Waals surface area contributed by atoms with E-state index in [-0.39, 0.29) is 0 Å². The molecule has 1 aliphatic rings. The van der Waals surface area contributed by atoms with Gasteiger partial charge in [0.25, 0.3) is 0 Å². The molecule has 0 saturated carbocycles. The van der Waals surface area contributed by atoms with Gasteiger partial charge in [0.1, 0.15) is 0 Å². The number of hydrogen-bond donors (Lipinski definition) is 1. The Morgan fingerprint density at radius 3 is 2.11 bits per heavy atom. The standard InChI is InChI=1S/C17H36N2/c1-3-5-7-8-10-12-17(11-9-6-4-2)19-14-13-16(18)15-19/h16-17H,3-15,18H2,1-2H3. The summed E-state index contributed by atoms with van der Waals surface area (Å²) in [6.45, 7) is 6.98. The van der Waals surface area contributed by atoms with Crippen LogP contribution in [0.15, 0.2) is 0 Å². The van der Waals surface area contributed by atoms with E-state index in [9.17, 15) is 0 Å². The molecule has 1 fully saturated rings.